The fourth-order valence-electron chi connectivity index (χ4n) is 3.18. The Balaban J connectivity index is 1.52. The zero-order valence-corrected chi connectivity index (χ0v) is 12.3. The summed E-state index contributed by atoms with van der Waals surface area (Å²) >= 11 is 3.38. The summed E-state index contributed by atoms with van der Waals surface area (Å²) in [6.07, 6.45) is 6.70. The first-order valence-corrected chi connectivity index (χ1v) is 7.63. The third-order valence-electron chi connectivity index (χ3n) is 4.22. The fraction of sp³-hybridized carbons (Fsp3) is 0.467. The molecule has 0 aromatic heterocycles. The Kier molecular flexibility index (Phi) is 3.69. The highest BCUT2D eigenvalue weighted by molar-refractivity contribution is 9.10. The molecule has 0 aliphatic heterocycles. The van der Waals surface area contributed by atoms with E-state index in [1.807, 2.05) is 24.3 Å². The number of benzene rings is 1. The van der Waals surface area contributed by atoms with Gasteiger partial charge in [-0.05, 0) is 42.4 Å². The lowest BCUT2D eigenvalue weighted by molar-refractivity contribution is -0.122. The first-order valence-electron chi connectivity index (χ1n) is 6.84. The molecule has 3 nitrogen and oxygen atoms in total. The van der Waals surface area contributed by atoms with Gasteiger partial charge in [-0.25, -0.2) is 5.43 Å². The molecule has 2 fully saturated rings. The van der Waals surface area contributed by atoms with Crippen molar-refractivity contribution < 1.29 is 4.79 Å². The minimum Gasteiger partial charge on any atom is -0.273 e. The number of hydrazone groups is 1. The molecule has 1 unspecified atom stereocenters. The number of nitrogens with one attached hydrogen (secondary N) is 1. The quantitative estimate of drug-likeness (QED) is 0.673. The zero-order valence-electron chi connectivity index (χ0n) is 10.7. The second kappa shape index (κ2) is 5.45. The van der Waals surface area contributed by atoms with Gasteiger partial charge in [0, 0.05) is 10.4 Å². The maximum absolute atomic E-state index is 12.0. The summed E-state index contributed by atoms with van der Waals surface area (Å²) in [6, 6.07) is 7.82. The van der Waals surface area contributed by atoms with E-state index in [0.717, 1.165) is 10.0 Å². The number of amides is 1. The number of nitrogens with zero attached hydrogens (tertiary/aromatic N) is 1. The monoisotopic (exact) mass is 320 g/mol. The van der Waals surface area contributed by atoms with Crippen LogP contribution in [0.4, 0.5) is 0 Å². The largest absolute Gasteiger partial charge is 0.273 e. The van der Waals surface area contributed by atoms with Crippen molar-refractivity contribution in [1.29, 1.82) is 0 Å². The molecule has 1 amide bonds. The average molecular weight is 321 g/mol. The molecule has 0 saturated heterocycles. The van der Waals surface area contributed by atoms with Gasteiger partial charge in [-0.1, -0.05) is 40.9 Å². The lowest BCUT2D eigenvalue weighted by Crippen LogP contribution is -2.20. The van der Waals surface area contributed by atoms with Gasteiger partial charge in [0.2, 0.25) is 5.91 Å². The maximum Gasteiger partial charge on any atom is 0.243 e. The molecule has 0 heterocycles. The van der Waals surface area contributed by atoms with Crippen molar-refractivity contribution >= 4 is 28.1 Å². The van der Waals surface area contributed by atoms with Crippen molar-refractivity contribution in [3.05, 3.63) is 34.3 Å². The number of rotatable bonds is 3. The minimum absolute atomic E-state index is 0.102. The molecule has 0 bridgehead atoms. The third kappa shape index (κ3) is 2.89. The molecular weight excluding hydrogens is 304 g/mol. The van der Waals surface area contributed by atoms with Gasteiger partial charge in [0.25, 0.3) is 0 Å². The normalized spacial score (nSPS) is 29.0. The third-order valence-corrected chi connectivity index (χ3v) is 4.75. The second-order valence-electron chi connectivity index (χ2n) is 5.42. The van der Waals surface area contributed by atoms with Gasteiger partial charge < -0.3 is 0 Å². The zero-order chi connectivity index (χ0) is 13.2. The van der Waals surface area contributed by atoms with Crippen LogP contribution in [0.25, 0.3) is 0 Å². The summed E-state index contributed by atoms with van der Waals surface area (Å²) in [6.45, 7) is 0. The van der Waals surface area contributed by atoms with Gasteiger partial charge in [-0.2, -0.15) is 5.10 Å². The molecule has 2 saturated carbocycles. The van der Waals surface area contributed by atoms with Crippen molar-refractivity contribution in [1.82, 2.24) is 5.43 Å². The Morgan fingerprint density at radius 1 is 1.21 bits per heavy atom. The summed E-state index contributed by atoms with van der Waals surface area (Å²) < 4.78 is 1.04. The predicted molar refractivity (Wildman–Crippen MR) is 78.8 cm³/mol. The van der Waals surface area contributed by atoms with Gasteiger partial charge in [-0.15, -0.1) is 0 Å². The van der Waals surface area contributed by atoms with E-state index in [4.69, 9.17) is 0 Å². The van der Waals surface area contributed by atoms with Crippen molar-refractivity contribution in [2.24, 2.45) is 22.9 Å². The van der Waals surface area contributed by atoms with E-state index in [1.165, 1.54) is 25.7 Å². The van der Waals surface area contributed by atoms with Crippen molar-refractivity contribution in [2.45, 2.75) is 25.7 Å². The van der Waals surface area contributed by atoms with Gasteiger partial charge in [-0.3, -0.25) is 4.79 Å². The number of hydrogen-bond acceptors (Lipinski definition) is 2. The number of halogens is 1. The van der Waals surface area contributed by atoms with E-state index < -0.39 is 0 Å². The van der Waals surface area contributed by atoms with Crippen LogP contribution in [0.1, 0.15) is 31.2 Å². The summed E-state index contributed by atoms with van der Waals surface area (Å²) in [7, 11) is 0. The van der Waals surface area contributed by atoms with Crippen LogP contribution >= 0.6 is 15.9 Å². The van der Waals surface area contributed by atoms with Crippen LogP contribution in [0.3, 0.4) is 0 Å². The molecule has 4 heteroatoms. The number of carbonyl (C=O) groups is 1. The number of carbonyl (C=O) groups excluding carboxylic acids is 1. The Hall–Kier alpha value is -1.16. The topological polar surface area (TPSA) is 41.5 Å². The summed E-state index contributed by atoms with van der Waals surface area (Å²) in [5, 5.41) is 4.05. The fourth-order valence-corrected chi connectivity index (χ4v) is 3.44. The van der Waals surface area contributed by atoms with Crippen LogP contribution in [0.5, 0.6) is 0 Å². The highest BCUT2D eigenvalue weighted by atomic mass is 79.9. The molecule has 0 spiro atoms. The van der Waals surface area contributed by atoms with Gasteiger partial charge in [0.05, 0.1) is 6.21 Å². The minimum atomic E-state index is 0.102. The maximum atomic E-state index is 12.0. The van der Waals surface area contributed by atoms with E-state index in [-0.39, 0.29) is 11.8 Å². The van der Waals surface area contributed by atoms with Gasteiger partial charge in [0.1, 0.15) is 0 Å². The smallest absolute Gasteiger partial charge is 0.243 e. The SMILES string of the molecule is O=C(NN=Cc1ccc(Br)cc1)C1[C@H]2CCCC[C@@H]12. The standard InChI is InChI=1S/C15H17BrN2O/c16-11-7-5-10(6-8-11)9-17-18-15(19)14-12-3-1-2-4-13(12)14/h5-9,12-14H,1-4H2,(H,18,19)/t12-,13+,14?. The van der Waals surface area contributed by atoms with Gasteiger partial charge in [0.15, 0.2) is 0 Å². The molecule has 1 aromatic rings. The Bertz CT molecular complexity index is 485. The van der Waals surface area contributed by atoms with Crippen molar-refractivity contribution in [3.63, 3.8) is 0 Å². The highest BCUT2D eigenvalue weighted by Crippen LogP contribution is 2.55. The average Bonchev–Trinajstić information content (AvgIpc) is 3.15. The predicted octanol–water partition coefficient (Wildman–Crippen LogP) is 3.34. The molecular formula is C15H17BrN2O. The van der Waals surface area contributed by atoms with E-state index in [9.17, 15) is 4.79 Å². The van der Waals surface area contributed by atoms with Gasteiger partial charge >= 0.3 is 0 Å². The molecule has 100 valence electrons. The van der Waals surface area contributed by atoms with E-state index in [0.29, 0.717) is 11.8 Å². The van der Waals surface area contributed by atoms with E-state index in [2.05, 4.69) is 26.5 Å². The molecule has 3 rings (SSSR count). The summed E-state index contributed by atoms with van der Waals surface area (Å²) in [5.41, 5.74) is 3.67. The van der Waals surface area contributed by atoms with Crippen molar-refractivity contribution in [2.75, 3.05) is 0 Å². The van der Waals surface area contributed by atoms with E-state index >= 15 is 0 Å². The Morgan fingerprint density at radius 3 is 2.47 bits per heavy atom. The molecule has 1 aromatic carbocycles. The van der Waals surface area contributed by atoms with Crippen LogP contribution in [-0.2, 0) is 4.79 Å². The number of fused-ring (bicyclic) bond motifs is 1. The van der Waals surface area contributed by atoms with Crippen molar-refractivity contribution in [3.8, 4) is 0 Å². The van der Waals surface area contributed by atoms with Crippen LogP contribution in [0.2, 0.25) is 0 Å². The summed E-state index contributed by atoms with van der Waals surface area (Å²) in [4.78, 5) is 12.0. The van der Waals surface area contributed by atoms with Crippen LogP contribution in [0.15, 0.2) is 33.8 Å². The molecule has 2 aliphatic rings. The Labute approximate surface area is 121 Å². The lowest BCUT2D eigenvalue weighted by Gasteiger charge is -2.04. The van der Waals surface area contributed by atoms with Crippen LogP contribution < -0.4 is 5.43 Å². The summed E-state index contributed by atoms with van der Waals surface area (Å²) in [5.74, 6) is 1.60. The van der Waals surface area contributed by atoms with E-state index in [1.54, 1.807) is 6.21 Å². The lowest BCUT2D eigenvalue weighted by atomic mass is 10.0. The molecule has 19 heavy (non-hydrogen) atoms. The molecule has 1 N–H and O–H groups in total. The molecule has 3 atom stereocenters. The Morgan fingerprint density at radius 2 is 1.84 bits per heavy atom. The first-order chi connectivity index (χ1) is 9.25. The second-order valence-corrected chi connectivity index (χ2v) is 6.34. The number of hydrogen-bond donors (Lipinski definition) is 1. The molecule has 0 radical (unpaired) electrons. The highest BCUT2D eigenvalue weighted by Gasteiger charge is 2.54. The first kappa shape index (κ1) is 12.9. The molecule has 2 aliphatic carbocycles. The van der Waals surface area contributed by atoms with Crippen LogP contribution in [0, 0.1) is 17.8 Å². The van der Waals surface area contributed by atoms with Crippen LogP contribution in [-0.4, -0.2) is 12.1 Å².